The summed E-state index contributed by atoms with van der Waals surface area (Å²) in [5, 5.41) is 0. The van der Waals surface area contributed by atoms with Crippen molar-refractivity contribution in [3.63, 3.8) is 0 Å². The molecule has 0 aromatic heterocycles. The van der Waals surface area contributed by atoms with Gasteiger partial charge in [-0.1, -0.05) is 25.7 Å². The molecule has 0 radical (unpaired) electrons. The third kappa shape index (κ3) is 1.09. The van der Waals surface area contributed by atoms with Gasteiger partial charge in [0.25, 0.3) is 0 Å². The highest BCUT2D eigenvalue weighted by molar-refractivity contribution is 5.23. The molecule has 13 heavy (non-hydrogen) atoms. The molecule has 1 nitrogen and oxygen atoms in total. The van der Waals surface area contributed by atoms with Crippen molar-refractivity contribution in [1.29, 1.82) is 0 Å². The fourth-order valence-electron chi connectivity index (χ4n) is 4.27. The maximum Gasteiger partial charge on any atom is 0.0170 e. The maximum absolute atomic E-state index is 6.12. The summed E-state index contributed by atoms with van der Waals surface area (Å²) in [5.74, 6) is 1.06. The average Bonchev–Trinajstić information content (AvgIpc) is 2.24. The lowest BCUT2D eigenvalue weighted by atomic mass is 9.35. The molecule has 0 spiro atoms. The zero-order chi connectivity index (χ0) is 8.94. The molecule has 0 heterocycles. The first kappa shape index (κ1) is 8.28. The average molecular weight is 179 g/mol. The zero-order valence-corrected chi connectivity index (χ0v) is 8.52. The van der Waals surface area contributed by atoms with E-state index in [2.05, 4.69) is 0 Å². The van der Waals surface area contributed by atoms with Crippen molar-refractivity contribution in [2.75, 3.05) is 0 Å². The van der Waals surface area contributed by atoms with Crippen molar-refractivity contribution in [3.05, 3.63) is 0 Å². The minimum absolute atomic E-state index is 0.326. The summed E-state index contributed by atoms with van der Waals surface area (Å²) in [7, 11) is 0. The van der Waals surface area contributed by atoms with E-state index in [1.54, 1.807) is 0 Å². The first-order valence-corrected chi connectivity index (χ1v) is 6.02. The van der Waals surface area contributed by atoms with Gasteiger partial charge in [-0.05, 0) is 43.4 Å². The molecule has 1 heteroatoms. The lowest BCUT2D eigenvalue weighted by Gasteiger charge is -2.72. The van der Waals surface area contributed by atoms with E-state index in [1.807, 2.05) is 0 Å². The molecule has 0 amide bonds. The third-order valence-electron chi connectivity index (χ3n) is 4.83. The van der Waals surface area contributed by atoms with Crippen molar-refractivity contribution in [3.8, 4) is 0 Å². The number of hydrogen-bond acceptors (Lipinski definition) is 1. The Morgan fingerprint density at radius 1 is 0.846 bits per heavy atom. The van der Waals surface area contributed by atoms with E-state index in [4.69, 9.17) is 5.73 Å². The van der Waals surface area contributed by atoms with Gasteiger partial charge in [0.2, 0.25) is 0 Å². The summed E-state index contributed by atoms with van der Waals surface area (Å²) < 4.78 is 0. The van der Waals surface area contributed by atoms with Crippen LogP contribution in [-0.2, 0) is 0 Å². The van der Waals surface area contributed by atoms with Gasteiger partial charge in [0.1, 0.15) is 0 Å². The smallest absolute Gasteiger partial charge is 0.0170 e. The number of rotatable bonds is 1. The van der Waals surface area contributed by atoms with Gasteiger partial charge in [-0.2, -0.15) is 0 Å². The summed E-state index contributed by atoms with van der Waals surface area (Å²) in [6.07, 6.45) is 13.1. The molecule has 74 valence electrons. The van der Waals surface area contributed by atoms with E-state index >= 15 is 0 Å². The first-order valence-electron chi connectivity index (χ1n) is 6.02. The molecule has 2 N–H and O–H groups in total. The summed E-state index contributed by atoms with van der Waals surface area (Å²) in [6.45, 7) is 0. The molecule has 4 aliphatic carbocycles. The van der Waals surface area contributed by atoms with Crippen molar-refractivity contribution < 1.29 is 0 Å². The Morgan fingerprint density at radius 3 is 1.85 bits per heavy atom. The van der Waals surface area contributed by atoms with Crippen LogP contribution in [0.5, 0.6) is 0 Å². The van der Waals surface area contributed by atoms with Crippen LogP contribution in [0, 0.1) is 11.3 Å². The zero-order valence-electron chi connectivity index (χ0n) is 8.52. The van der Waals surface area contributed by atoms with Crippen molar-refractivity contribution in [2.24, 2.45) is 17.1 Å². The Labute approximate surface area is 81.1 Å². The quantitative estimate of drug-likeness (QED) is 0.615. The first-order chi connectivity index (χ1) is 6.23. The van der Waals surface area contributed by atoms with Gasteiger partial charge in [-0.15, -0.1) is 0 Å². The summed E-state index contributed by atoms with van der Waals surface area (Å²) in [6, 6.07) is 0. The van der Waals surface area contributed by atoms with Gasteiger partial charge in [-0.25, -0.2) is 0 Å². The lowest BCUT2D eigenvalue weighted by molar-refractivity contribution is -0.174. The lowest BCUT2D eigenvalue weighted by Crippen LogP contribution is -2.74. The normalized spacial score (nSPS) is 50.5. The Bertz CT molecular complexity index is 193. The Balaban J connectivity index is 1.65. The SMILES string of the molecule is NC12CC(C3CCCCCC3)(C1)C2. The van der Waals surface area contributed by atoms with Gasteiger partial charge < -0.3 is 5.73 Å². The highest BCUT2D eigenvalue weighted by Gasteiger charge is 2.67. The summed E-state index contributed by atoms with van der Waals surface area (Å²) >= 11 is 0. The van der Waals surface area contributed by atoms with Crippen LogP contribution in [-0.4, -0.2) is 5.54 Å². The second-order valence-electron chi connectivity index (χ2n) is 5.94. The molecular weight excluding hydrogens is 158 g/mol. The van der Waals surface area contributed by atoms with E-state index in [0.29, 0.717) is 5.54 Å². The van der Waals surface area contributed by atoms with Gasteiger partial charge in [0, 0.05) is 5.54 Å². The van der Waals surface area contributed by atoms with E-state index < -0.39 is 0 Å². The Kier molecular flexibility index (Phi) is 1.59. The van der Waals surface area contributed by atoms with Crippen LogP contribution in [0.25, 0.3) is 0 Å². The van der Waals surface area contributed by atoms with E-state index in [1.165, 1.54) is 57.8 Å². The predicted molar refractivity (Wildman–Crippen MR) is 54.4 cm³/mol. The molecule has 4 aliphatic rings. The molecule has 2 bridgehead atoms. The van der Waals surface area contributed by atoms with Crippen molar-refractivity contribution in [2.45, 2.75) is 63.3 Å². The van der Waals surface area contributed by atoms with Gasteiger partial charge in [0.15, 0.2) is 0 Å². The van der Waals surface area contributed by atoms with Crippen LogP contribution in [0.15, 0.2) is 0 Å². The van der Waals surface area contributed by atoms with Crippen molar-refractivity contribution >= 4 is 0 Å². The van der Waals surface area contributed by atoms with E-state index in [9.17, 15) is 0 Å². The molecule has 0 aromatic carbocycles. The highest BCUT2D eigenvalue weighted by Crippen LogP contribution is 2.70. The van der Waals surface area contributed by atoms with Gasteiger partial charge in [-0.3, -0.25) is 0 Å². The molecule has 4 saturated carbocycles. The molecule has 0 aromatic rings. The Morgan fingerprint density at radius 2 is 1.38 bits per heavy atom. The monoisotopic (exact) mass is 179 g/mol. The van der Waals surface area contributed by atoms with Crippen LogP contribution in [0.2, 0.25) is 0 Å². The topological polar surface area (TPSA) is 26.0 Å². The molecule has 0 saturated heterocycles. The molecule has 0 atom stereocenters. The van der Waals surface area contributed by atoms with Crippen LogP contribution in [0.3, 0.4) is 0 Å². The molecule has 0 aliphatic heterocycles. The van der Waals surface area contributed by atoms with Crippen LogP contribution >= 0.6 is 0 Å². The molecular formula is C12H21N. The maximum atomic E-state index is 6.12. The summed E-state index contributed by atoms with van der Waals surface area (Å²) in [4.78, 5) is 0. The molecule has 4 fully saturated rings. The fourth-order valence-corrected chi connectivity index (χ4v) is 4.27. The molecule has 0 unspecified atom stereocenters. The van der Waals surface area contributed by atoms with E-state index in [0.717, 1.165) is 11.3 Å². The predicted octanol–water partition coefficient (Wildman–Crippen LogP) is 2.84. The van der Waals surface area contributed by atoms with Gasteiger partial charge in [0.05, 0.1) is 0 Å². The van der Waals surface area contributed by atoms with Crippen LogP contribution in [0.1, 0.15) is 57.8 Å². The number of nitrogens with two attached hydrogens (primary N) is 1. The standard InChI is InChI=1S/C12H21N/c13-12-7-11(8-12,9-12)10-5-3-1-2-4-6-10/h10H,1-9,13H2. The number of hydrogen-bond donors (Lipinski definition) is 1. The third-order valence-corrected chi connectivity index (χ3v) is 4.83. The second-order valence-corrected chi connectivity index (χ2v) is 5.94. The van der Waals surface area contributed by atoms with Crippen LogP contribution < -0.4 is 5.73 Å². The largest absolute Gasteiger partial charge is 0.325 e. The molecule has 4 rings (SSSR count). The van der Waals surface area contributed by atoms with E-state index in [-0.39, 0.29) is 0 Å². The summed E-state index contributed by atoms with van der Waals surface area (Å²) in [5.41, 5.74) is 7.21. The minimum atomic E-state index is 0.326. The van der Waals surface area contributed by atoms with Crippen LogP contribution in [0.4, 0.5) is 0 Å². The Hall–Kier alpha value is -0.0400. The second kappa shape index (κ2) is 2.50. The fraction of sp³-hybridized carbons (Fsp3) is 1.00. The minimum Gasteiger partial charge on any atom is -0.325 e. The highest BCUT2D eigenvalue weighted by atomic mass is 14.9. The van der Waals surface area contributed by atoms with Crippen molar-refractivity contribution in [1.82, 2.24) is 0 Å². The van der Waals surface area contributed by atoms with Gasteiger partial charge >= 0.3 is 0 Å².